The summed E-state index contributed by atoms with van der Waals surface area (Å²) in [5, 5.41) is 14.5. The molecule has 1 amide bonds. The van der Waals surface area contributed by atoms with Crippen LogP contribution in [0.3, 0.4) is 0 Å². The number of benzene rings is 1. The largest absolute Gasteiger partial charge is 0.432 e. The van der Waals surface area contributed by atoms with Gasteiger partial charge in [0.25, 0.3) is 0 Å². The van der Waals surface area contributed by atoms with Crippen LogP contribution in [-0.4, -0.2) is 36.3 Å². The molecule has 0 aromatic heterocycles. The fraction of sp³-hybridized carbons (Fsp3) is 0.417. The summed E-state index contributed by atoms with van der Waals surface area (Å²) in [6.07, 6.45) is -0.328. The zero-order chi connectivity index (χ0) is 14.7. The number of amides is 1. The van der Waals surface area contributed by atoms with Gasteiger partial charge < -0.3 is 20.5 Å². The topological polar surface area (TPSA) is 70.6 Å². The highest BCUT2D eigenvalue weighted by Crippen LogP contribution is 2.23. The number of alkyl halides is 2. The van der Waals surface area contributed by atoms with Crippen molar-refractivity contribution < 1.29 is 27.8 Å². The number of hydrogen-bond acceptors (Lipinski definition) is 4. The summed E-state index contributed by atoms with van der Waals surface area (Å²) in [5.41, 5.74) is 0.123. The Kier molecular flexibility index (Phi) is 4.46. The fourth-order valence-electron chi connectivity index (χ4n) is 1.92. The van der Waals surface area contributed by atoms with Crippen molar-refractivity contribution in [3.05, 3.63) is 24.0 Å². The SMILES string of the molecule is O=C(Nc1ccc(OC(F)F)c(F)c1)C1CC(O)CN1. The van der Waals surface area contributed by atoms with E-state index in [0.717, 1.165) is 12.1 Å². The van der Waals surface area contributed by atoms with Crippen LogP contribution in [0.5, 0.6) is 5.75 Å². The van der Waals surface area contributed by atoms with Crippen LogP contribution in [0.1, 0.15) is 6.42 Å². The molecule has 1 fully saturated rings. The highest BCUT2D eigenvalue weighted by atomic mass is 19.3. The third kappa shape index (κ3) is 3.61. The zero-order valence-electron chi connectivity index (χ0n) is 10.3. The van der Waals surface area contributed by atoms with Gasteiger partial charge in [-0.1, -0.05) is 0 Å². The normalized spacial score (nSPS) is 22.1. The maximum atomic E-state index is 13.4. The summed E-state index contributed by atoms with van der Waals surface area (Å²) in [5.74, 6) is -2.02. The van der Waals surface area contributed by atoms with Gasteiger partial charge in [-0.3, -0.25) is 4.79 Å². The maximum Gasteiger partial charge on any atom is 0.387 e. The third-order valence-corrected chi connectivity index (χ3v) is 2.84. The maximum absolute atomic E-state index is 13.4. The Morgan fingerprint density at radius 2 is 2.25 bits per heavy atom. The Balaban J connectivity index is 1.99. The Labute approximate surface area is 112 Å². The summed E-state index contributed by atoms with van der Waals surface area (Å²) in [6, 6.07) is 2.59. The summed E-state index contributed by atoms with van der Waals surface area (Å²) in [6.45, 7) is -2.80. The standard InChI is InChI=1S/C12H13F3N2O3/c13-8-3-6(1-2-10(8)20-12(14)15)17-11(19)9-4-7(18)5-16-9/h1-3,7,9,12,16,18H,4-5H2,(H,17,19). The molecule has 1 aromatic carbocycles. The summed E-state index contributed by atoms with van der Waals surface area (Å²) >= 11 is 0. The molecule has 3 N–H and O–H groups in total. The van der Waals surface area contributed by atoms with Gasteiger partial charge in [0.05, 0.1) is 12.1 Å². The number of β-amino-alcohol motifs (C(OH)–C–C–N with tert-alkyl or cyclic N) is 1. The fourth-order valence-corrected chi connectivity index (χ4v) is 1.92. The van der Waals surface area contributed by atoms with Crippen LogP contribution in [-0.2, 0) is 4.79 Å². The summed E-state index contributed by atoms with van der Waals surface area (Å²) in [7, 11) is 0. The molecule has 0 bridgehead atoms. The predicted octanol–water partition coefficient (Wildman–Crippen LogP) is 1.09. The molecule has 0 spiro atoms. The van der Waals surface area contributed by atoms with Crippen LogP contribution >= 0.6 is 0 Å². The number of aliphatic hydroxyl groups is 1. The number of carbonyl (C=O) groups excluding carboxylic acids is 1. The lowest BCUT2D eigenvalue weighted by molar-refractivity contribution is -0.117. The van der Waals surface area contributed by atoms with Gasteiger partial charge in [-0.2, -0.15) is 8.78 Å². The molecule has 2 atom stereocenters. The molecule has 20 heavy (non-hydrogen) atoms. The third-order valence-electron chi connectivity index (χ3n) is 2.84. The molecule has 1 aromatic rings. The first-order valence-electron chi connectivity index (χ1n) is 5.92. The number of hydrogen-bond donors (Lipinski definition) is 3. The number of aliphatic hydroxyl groups excluding tert-OH is 1. The van der Waals surface area contributed by atoms with Crippen molar-refractivity contribution in [3.8, 4) is 5.75 Å². The number of halogens is 3. The molecular formula is C12H13F3N2O3. The van der Waals surface area contributed by atoms with Gasteiger partial charge in [0.2, 0.25) is 5.91 Å². The first kappa shape index (κ1) is 14.6. The van der Waals surface area contributed by atoms with Crippen molar-refractivity contribution >= 4 is 11.6 Å². The van der Waals surface area contributed by atoms with E-state index >= 15 is 0 Å². The predicted molar refractivity (Wildman–Crippen MR) is 64.1 cm³/mol. The van der Waals surface area contributed by atoms with E-state index in [-0.39, 0.29) is 12.1 Å². The highest BCUT2D eigenvalue weighted by Gasteiger charge is 2.28. The Hall–Kier alpha value is -1.80. The second-order valence-electron chi connectivity index (χ2n) is 4.36. The van der Waals surface area contributed by atoms with E-state index in [1.54, 1.807) is 0 Å². The first-order chi connectivity index (χ1) is 9.45. The van der Waals surface area contributed by atoms with Gasteiger partial charge in [-0.25, -0.2) is 4.39 Å². The molecule has 2 unspecified atom stereocenters. The Morgan fingerprint density at radius 1 is 1.50 bits per heavy atom. The van der Waals surface area contributed by atoms with Crippen LogP contribution in [0.4, 0.5) is 18.9 Å². The van der Waals surface area contributed by atoms with Crippen LogP contribution in [0, 0.1) is 5.82 Å². The number of carbonyl (C=O) groups is 1. The van der Waals surface area contributed by atoms with E-state index in [1.165, 1.54) is 6.07 Å². The smallest absolute Gasteiger partial charge is 0.387 e. The average molecular weight is 290 g/mol. The van der Waals surface area contributed by atoms with Crippen molar-refractivity contribution in [2.45, 2.75) is 25.2 Å². The highest BCUT2D eigenvalue weighted by molar-refractivity contribution is 5.95. The van der Waals surface area contributed by atoms with Gasteiger partial charge in [-0.15, -0.1) is 0 Å². The van der Waals surface area contributed by atoms with Gasteiger partial charge in [-0.05, 0) is 18.6 Å². The molecule has 2 rings (SSSR count). The molecule has 1 saturated heterocycles. The molecule has 0 saturated carbocycles. The van der Waals surface area contributed by atoms with Crippen LogP contribution in [0.2, 0.25) is 0 Å². The molecule has 5 nitrogen and oxygen atoms in total. The summed E-state index contributed by atoms with van der Waals surface area (Å²) < 4.78 is 41.3. The van der Waals surface area contributed by atoms with Crippen LogP contribution < -0.4 is 15.4 Å². The minimum Gasteiger partial charge on any atom is -0.432 e. The zero-order valence-corrected chi connectivity index (χ0v) is 10.3. The van der Waals surface area contributed by atoms with Crippen molar-refractivity contribution in [1.29, 1.82) is 0 Å². The molecule has 1 heterocycles. The van der Waals surface area contributed by atoms with Crippen LogP contribution in [0.15, 0.2) is 18.2 Å². The second-order valence-corrected chi connectivity index (χ2v) is 4.36. The minimum absolute atomic E-state index is 0.123. The average Bonchev–Trinajstić information content (AvgIpc) is 2.79. The van der Waals surface area contributed by atoms with Gasteiger partial charge in [0, 0.05) is 18.3 Å². The quantitative estimate of drug-likeness (QED) is 0.776. The molecule has 110 valence electrons. The monoisotopic (exact) mass is 290 g/mol. The van der Waals surface area contributed by atoms with Crippen LogP contribution in [0.25, 0.3) is 0 Å². The molecule has 8 heteroatoms. The van der Waals surface area contributed by atoms with Crippen molar-refractivity contribution in [1.82, 2.24) is 5.32 Å². The van der Waals surface area contributed by atoms with E-state index in [1.807, 2.05) is 0 Å². The lowest BCUT2D eigenvalue weighted by Crippen LogP contribution is -2.35. The number of anilines is 1. The Morgan fingerprint density at radius 3 is 2.80 bits per heavy atom. The number of nitrogens with one attached hydrogen (secondary N) is 2. The van der Waals surface area contributed by atoms with E-state index in [2.05, 4.69) is 15.4 Å². The first-order valence-corrected chi connectivity index (χ1v) is 5.92. The van der Waals surface area contributed by atoms with Crippen molar-refractivity contribution in [3.63, 3.8) is 0 Å². The second kappa shape index (κ2) is 6.10. The van der Waals surface area contributed by atoms with Crippen molar-refractivity contribution in [2.24, 2.45) is 0 Å². The molecule has 0 aliphatic carbocycles. The number of rotatable bonds is 4. The molecule has 1 aliphatic rings. The van der Waals surface area contributed by atoms with E-state index < -0.39 is 36.2 Å². The van der Waals surface area contributed by atoms with E-state index in [4.69, 9.17) is 0 Å². The van der Waals surface area contributed by atoms with E-state index in [0.29, 0.717) is 6.54 Å². The van der Waals surface area contributed by atoms with Gasteiger partial charge >= 0.3 is 6.61 Å². The Bertz CT molecular complexity index is 499. The van der Waals surface area contributed by atoms with E-state index in [9.17, 15) is 23.1 Å². The lowest BCUT2D eigenvalue weighted by atomic mass is 10.2. The minimum atomic E-state index is -3.12. The molecule has 1 aliphatic heterocycles. The summed E-state index contributed by atoms with van der Waals surface area (Å²) in [4.78, 5) is 11.8. The molecular weight excluding hydrogens is 277 g/mol. The lowest BCUT2D eigenvalue weighted by Gasteiger charge is -2.12. The number of ether oxygens (including phenoxy) is 1. The van der Waals surface area contributed by atoms with Gasteiger partial charge in [0.15, 0.2) is 11.6 Å². The molecule has 0 radical (unpaired) electrons. The van der Waals surface area contributed by atoms with Crippen molar-refractivity contribution in [2.75, 3.05) is 11.9 Å². The van der Waals surface area contributed by atoms with Gasteiger partial charge in [0.1, 0.15) is 0 Å².